The molecule has 0 spiro atoms. The summed E-state index contributed by atoms with van der Waals surface area (Å²) >= 11 is 1.53. The van der Waals surface area contributed by atoms with Gasteiger partial charge in [0.2, 0.25) is 10.0 Å². The lowest BCUT2D eigenvalue weighted by Gasteiger charge is -2.07. The third-order valence-corrected chi connectivity index (χ3v) is 4.23. The quantitative estimate of drug-likeness (QED) is 0.620. The van der Waals surface area contributed by atoms with Gasteiger partial charge in [-0.2, -0.15) is 0 Å². The van der Waals surface area contributed by atoms with E-state index in [1.165, 1.54) is 24.9 Å². The molecule has 0 saturated carbocycles. The summed E-state index contributed by atoms with van der Waals surface area (Å²) in [4.78, 5) is 1.05. The molecule has 0 aliphatic carbocycles. The number of nitrogens with two attached hydrogens (primary N) is 1. The monoisotopic (exact) mass is 246 g/mol. The fourth-order valence-corrected chi connectivity index (χ4v) is 2.67. The van der Waals surface area contributed by atoms with Gasteiger partial charge >= 0.3 is 0 Å². The molecule has 6 heteroatoms. The largest absolute Gasteiger partial charge is 0.398 e. The van der Waals surface area contributed by atoms with Crippen molar-refractivity contribution in [2.75, 3.05) is 18.5 Å². The number of hydrogen-bond acceptors (Lipinski definition) is 4. The third-order valence-electron chi connectivity index (χ3n) is 1.86. The highest BCUT2D eigenvalue weighted by Crippen LogP contribution is 2.27. The Morgan fingerprint density at radius 2 is 2.13 bits per heavy atom. The maximum Gasteiger partial charge on any atom is 0.240 e. The number of sulfonamides is 1. The lowest BCUT2D eigenvalue weighted by atomic mass is 10.3. The van der Waals surface area contributed by atoms with Crippen LogP contribution in [0.2, 0.25) is 0 Å². The Labute approximate surface area is 94.3 Å². The normalized spacial score (nSPS) is 11.6. The molecule has 0 bridgehead atoms. The summed E-state index contributed by atoms with van der Waals surface area (Å²) in [6, 6.07) is 4.71. The molecular weight excluding hydrogens is 232 g/mol. The highest BCUT2D eigenvalue weighted by atomic mass is 32.2. The number of rotatable bonds is 4. The van der Waals surface area contributed by atoms with Crippen LogP contribution in [0.5, 0.6) is 0 Å². The predicted octanol–water partition coefficient (Wildman–Crippen LogP) is 1.29. The summed E-state index contributed by atoms with van der Waals surface area (Å²) in [6.07, 6.45) is 0. The summed E-state index contributed by atoms with van der Waals surface area (Å²) < 4.78 is 25.3. The van der Waals surface area contributed by atoms with Gasteiger partial charge in [0, 0.05) is 10.6 Å². The number of nitrogens with one attached hydrogen (secondary N) is 1. The first-order valence-corrected chi connectivity index (χ1v) is 6.94. The van der Waals surface area contributed by atoms with Crippen LogP contribution in [0.1, 0.15) is 6.92 Å². The zero-order valence-electron chi connectivity index (χ0n) is 8.65. The van der Waals surface area contributed by atoms with E-state index in [-0.39, 0.29) is 4.90 Å². The Hall–Kier alpha value is -0.720. The molecule has 1 aromatic carbocycles. The zero-order chi connectivity index (χ0) is 11.5. The fraction of sp³-hybridized carbons (Fsp3) is 0.333. The summed E-state index contributed by atoms with van der Waals surface area (Å²) in [5.74, 6) is 0.854. The van der Waals surface area contributed by atoms with E-state index in [4.69, 9.17) is 5.73 Å². The maximum atomic E-state index is 11.5. The van der Waals surface area contributed by atoms with Gasteiger partial charge in [0.1, 0.15) is 0 Å². The standard InChI is InChI=1S/C9H14N2O2S2/c1-3-14-9-6-7(4-5-8(9)10)15(12,13)11-2/h4-6,11H,3,10H2,1-2H3. The van der Waals surface area contributed by atoms with Crippen molar-refractivity contribution >= 4 is 27.5 Å². The van der Waals surface area contributed by atoms with Gasteiger partial charge in [-0.05, 0) is 31.0 Å². The van der Waals surface area contributed by atoms with Crippen molar-refractivity contribution < 1.29 is 8.42 Å². The van der Waals surface area contributed by atoms with Gasteiger partial charge in [0.25, 0.3) is 0 Å². The van der Waals surface area contributed by atoms with Crippen LogP contribution in [0.3, 0.4) is 0 Å². The number of thioether (sulfide) groups is 1. The van der Waals surface area contributed by atoms with E-state index in [1.807, 2.05) is 6.92 Å². The minimum atomic E-state index is -3.37. The van der Waals surface area contributed by atoms with Gasteiger partial charge in [0.05, 0.1) is 4.90 Å². The SMILES string of the molecule is CCSc1cc(S(=O)(=O)NC)ccc1N. The van der Waals surface area contributed by atoms with Crippen molar-refractivity contribution in [2.45, 2.75) is 16.7 Å². The smallest absolute Gasteiger partial charge is 0.240 e. The molecule has 0 radical (unpaired) electrons. The second-order valence-electron chi connectivity index (χ2n) is 2.84. The van der Waals surface area contributed by atoms with E-state index < -0.39 is 10.0 Å². The van der Waals surface area contributed by atoms with Crippen LogP contribution in [0.4, 0.5) is 5.69 Å². The summed E-state index contributed by atoms with van der Waals surface area (Å²) in [5, 5.41) is 0. The van der Waals surface area contributed by atoms with E-state index in [2.05, 4.69) is 4.72 Å². The molecule has 0 heterocycles. The third kappa shape index (κ3) is 2.87. The van der Waals surface area contributed by atoms with Gasteiger partial charge in [-0.3, -0.25) is 0 Å². The molecule has 0 aliphatic rings. The van der Waals surface area contributed by atoms with E-state index in [0.29, 0.717) is 5.69 Å². The number of anilines is 1. The maximum absolute atomic E-state index is 11.5. The molecule has 0 atom stereocenters. The first-order valence-electron chi connectivity index (χ1n) is 4.47. The first kappa shape index (κ1) is 12.4. The van der Waals surface area contributed by atoms with E-state index >= 15 is 0 Å². The molecule has 0 saturated heterocycles. The van der Waals surface area contributed by atoms with Crippen LogP contribution in [0, 0.1) is 0 Å². The molecule has 4 nitrogen and oxygen atoms in total. The van der Waals surface area contributed by atoms with Gasteiger partial charge in [-0.25, -0.2) is 13.1 Å². The zero-order valence-corrected chi connectivity index (χ0v) is 10.3. The minimum Gasteiger partial charge on any atom is -0.398 e. The number of nitrogen functional groups attached to an aromatic ring is 1. The Kier molecular flexibility index (Phi) is 4.01. The Bertz CT molecular complexity index is 443. The molecule has 0 unspecified atom stereocenters. The molecule has 1 aromatic rings. The number of hydrogen-bond donors (Lipinski definition) is 2. The first-order chi connectivity index (χ1) is 7.01. The fourth-order valence-electron chi connectivity index (χ4n) is 1.08. The molecule has 3 N–H and O–H groups in total. The molecule has 84 valence electrons. The lowest BCUT2D eigenvalue weighted by Crippen LogP contribution is -2.18. The molecule has 1 rings (SSSR count). The van der Waals surface area contributed by atoms with Crippen molar-refractivity contribution in [3.8, 4) is 0 Å². The highest BCUT2D eigenvalue weighted by Gasteiger charge is 2.12. The number of benzene rings is 1. The average molecular weight is 246 g/mol. The second-order valence-corrected chi connectivity index (χ2v) is 6.03. The van der Waals surface area contributed by atoms with Crippen molar-refractivity contribution in [3.63, 3.8) is 0 Å². The van der Waals surface area contributed by atoms with Crippen LogP contribution < -0.4 is 10.5 Å². The van der Waals surface area contributed by atoms with Crippen LogP contribution >= 0.6 is 11.8 Å². The van der Waals surface area contributed by atoms with Crippen molar-refractivity contribution in [2.24, 2.45) is 0 Å². The van der Waals surface area contributed by atoms with Crippen LogP contribution in [-0.2, 0) is 10.0 Å². The molecule has 0 amide bonds. The Balaban J connectivity index is 3.19. The Morgan fingerprint density at radius 3 is 2.67 bits per heavy atom. The van der Waals surface area contributed by atoms with Crippen LogP contribution in [0.25, 0.3) is 0 Å². The average Bonchev–Trinajstić information content (AvgIpc) is 2.21. The molecular formula is C9H14N2O2S2. The van der Waals surface area contributed by atoms with Gasteiger partial charge in [-0.15, -0.1) is 11.8 Å². The van der Waals surface area contributed by atoms with Crippen LogP contribution in [-0.4, -0.2) is 21.2 Å². The summed E-state index contributed by atoms with van der Waals surface area (Å²) in [5.41, 5.74) is 6.33. The lowest BCUT2D eigenvalue weighted by molar-refractivity contribution is 0.588. The molecule has 0 aliphatic heterocycles. The highest BCUT2D eigenvalue weighted by molar-refractivity contribution is 7.99. The van der Waals surface area contributed by atoms with Crippen molar-refractivity contribution in [1.29, 1.82) is 0 Å². The molecule has 0 fully saturated rings. The van der Waals surface area contributed by atoms with E-state index in [0.717, 1.165) is 10.6 Å². The summed E-state index contributed by atoms with van der Waals surface area (Å²) in [7, 11) is -1.99. The Morgan fingerprint density at radius 1 is 1.47 bits per heavy atom. The van der Waals surface area contributed by atoms with Crippen molar-refractivity contribution in [3.05, 3.63) is 18.2 Å². The van der Waals surface area contributed by atoms with Gasteiger partial charge in [-0.1, -0.05) is 6.92 Å². The predicted molar refractivity (Wildman–Crippen MR) is 63.5 cm³/mol. The minimum absolute atomic E-state index is 0.246. The second kappa shape index (κ2) is 4.87. The van der Waals surface area contributed by atoms with Crippen molar-refractivity contribution in [1.82, 2.24) is 4.72 Å². The van der Waals surface area contributed by atoms with Gasteiger partial charge in [0.15, 0.2) is 0 Å². The molecule has 0 aromatic heterocycles. The molecule has 15 heavy (non-hydrogen) atoms. The van der Waals surface area contributed by atoms with Gasteiger partial charge < -0.3 is 5.73 Å². The topological polar surface area (TPSA) is 72.2 Å². The summed E-state index contributed by atoms with van der Waals surface area (Å²) in [6.45, 7) is 1.99. The van der Waals surface area contributed by atoms with Crippen LogP contribution in [0.15, 0.2) is 28.0 Å². The van der Waals surface area contributed by atoms with E-state index in [9.17, 15) is 8.42 Å². The van der Waals surface area contributed by atoms with E-state index in [1.54, 1.807) is 12.1 Å².